The van der Waals surface area contributed by atoms with E-state index < -0.39 is 10.0 Å². The molecule has 0 spiro atoms. The third-order valence-corrected chi connectivity index (χ3v) is 5.20. The van der Waals surface area contributed by atoms with Crippen molar-refractivity contribution in [3.8, 4) is 0 Å². The molecule has 1 atom stereocenters. The van der Waals surface area contributed by atoms with Gasteiger partial charge < -0.3 is 9.69 Å². The van der Waals surface area contributed by atoms with Crippen molar-refractivity contribution in [3.63, 3.8) is 0 Å². The summed E-state index contributed by atoms with van der Waals surface area (Å²) in [6.07, 6.45) is 4.72. The topological polar surface area (TPSA) is 66.5 Å². The molecule has 1 saturated heterocycles. The van der Waals surface area contributed by atoms with Crippen LogP contribution in [0.25, 0.3) is 0 Å². The molecule has 1 heterocycles. The Bertz CT molecular complexity index is 569. The maximum atomic E-state index is 12.0. The van der Waals surface area contributed by atoms with Gasteiger partial charge in [-0.2, -0.15) is 0 Å². The molecule has 1 aliphatic rings. The van der Waals surface area contributed by atoms with E-state index in [1.54, 1.807) is 24.3 Å². The first-order chi connectivity index (χ1) is 10.1. The van der Waals surface area contributed by atoms with Gasteiger partial charge in [0.15, 0.2) is 0 Å². The lowest BCUT2D eigenvalue weighted by Crippen LogP contribution is -2.40. The predicted molar refractivity (Wildman–Crippen MR) is 83.0 cm³/mol. The lowest BCUT2D eigenvalue weighted by Gasteiger charge is -2.34. The molecule has 21 heavy (non-hydrogen) atoms. The molecule has 0 radical (unpaired) electrons. The van der Waals surface area contributed by atoms with Crippen LogP contribution in [0.1, 0.15) is 32.6 Å². The van der Waals surface area contributed by atoms with Gasteiger partial charge in [0.25, 0.3) is 0 Å². The van der Waals surface area contributed by atoms with Crippen LogP contribution in [-0.4, -0.2) is 33.8 Å². The zero-order valence-electron chi connectivity index (χ0n) is 12.3. The second kappa shape index (κ2) is 7.04. The van der Waals surface area contributed by atoms with Gasteiger partial charge in [0.1, 0.15) is 6.29 Å². The van der Waals surface area contributed by atoms with Crippen LogP contribution in [0.3, 0.4) is 0 Å². The van der Waals surface area contributed by atoms with Crippen LogP contribution >= 0.6 is 0 Å². The van der Waals surface area contributed by atoms with E-state index in [1.807, 2.05) is 11.8 Å². The number of carbonyl (C=O) groups excluding carboxylic acids is 1. The van der Waals surface area contributed by atoms with E-state index in [1.165, 1.54) is 0 Å². The number of carbonyl (C=O) groups is 1. The van der Waals surface area contributed by atoms with E-state index in [4.69, 9.17) is 0 Å². The summed E-state index contributed by atoms with van der Waals surface area (Å²) in [6, 6.07) is 6.66. The zero-order chi connectivity index (χ0) is 15.3. The molecule has 116 valence electrons. The molecule has 2 rings (SSSR count). The molecule has 0 aromatic heterocycles. The van der Waals surface area contributed by atoms with Gasteiger partial charge >= 0.3 is 0 Å². The van der Waals surface area contributed by atoms with Crippen LogP contribution in [0.5, 0.6) is 0 Å². The Morgan fingerprint density at radius 1 is 1.29 bits per heavy atom. The summed E-state index contributed by atoms with van der Waals surface area (Å²) in [6.45, 7) is 3.19. The van der Waals surface area contributed by atoms with Crippen molar-refractivity contribution >= 4 is 22.0 Å². The predicted octanol–water partition coefficient (Wildman–Crippen LogP) is 1.93. The Labute approximate surface area is 126 Å². The highest BCUT2D eigenvalue weighted by molar-refractivity contribution is 7.89. The number of sulfonamides is 1. The normalized spacial score (nSPS) is 19.5. The van der Waals surface area contributed by atoms with Crippen LogP contribution in [0.4, 0.5) is 5.69 Å². The molecular formula is C15H22N2O3S. The first-order valence-electron chi connectivity index (χ1n) is 7.40. The highest BCUT2D eigenvalue weighted by Crippen LogP contribution is 2.25. The Balaban J connectivity index is 2.16. The molecule has 1 N–H and O–H groups in total. The Morgan fingerprint density at radius 3 is 2.62 bits per heavy atom. The highest BCUT2D eigenvalue weighted by atomic mass is 32.2. The Morgan fingerprint density at radius 2 is 2.00 bits per heavy atom. The van der Waals surface area contributed by atoms with Crippen molar-refractivity contribution in [3.05, 3.63) is 24.3 Å². The smallest absolute Gasteiger partial charge is 0.240 e. The van der Waals surface area contributed by atoms with E-state index >= 15 is 0 Å². The molecule has 6 heteroatoms. The van der Waals surface area contributed by atoms with Gasteiger partial charge in [-0.05, 0) is 49.9 Å². The van der Waals surface area contributed by atoms with Gasteiger partial charge in [0.2, 0.25) is 10.0 Å². The number of benzene rings is 1. The van der Waals surface area contributed by atoms with E-state index in [-0.39, 0.29) is 10.9 Å². The fraction of sp³-hybridized carbons (Fsp3) is 0.533. The number of hydrogen-bond acceptors (Lipinski definition) is 4. The molecule has 0 aliphatic carbocycles. The van der Waals surface area contributed by atoms with Crippen molar-refractivity contribution in [2.45, 2.75) is 43.5 Å². The number of aldehydes is 1. The third kappa shape index (κ3) is 3.83. The quantitative estimate of drug-likeness (QED) is 0.815. The standard InChI is InChI=1S/C15H22N2O3S/c1-2-10-16-21(19,20)15-8-6-13(7-9-15)17-11-4-3-5-14(17)12-18/h6-9,12,14,16H,2-5,10-11H2,1H3. The first-order valence-corrected chi connectivity index (χ1v) is 8.88. The maximum Gasteiger partial charge on any atom is 0.240 e. The van der Waals surface area contributed by atoms with E-state index in [2.05, 4.69) is 4.72 Å². The first kappa shape index (κ1) is 16.0. The average molecular weight is 310 g/mol. The number of nitrogens with zero attached hydrogens (tertiary/aromatic N) is 1. The summed E-state index contributed by atoms with van der Waals surface area (Å²) in [7, 11) is -3.43. The largest absolute Gasteiger partial charge is 0.362 e. The van der Waals surface area contributed by atoms with Crippen LogP contribution in [0, 0.1) is 0 Å². The van der Waals surface area contributed by atoms with Crippen LogP contribution in [0.2, 0.25) is 0 Å². The number of anilines is 1. The van der Waals surface area contributed by atoms with Crippen molar-refractivity contribution in [1.82, 2.24) is 4.72 Å². The minimum absolute atomic E-state index is 0.0978. The molecule has 1 fully saturated rings. The SMILES string of the molecule is CCCNS(=O)(=O)c1ccc(N2CCCCC2C=O)cc1. The van der Waals surface area contributed by atoms with E-state index in [9.17, 15) is 13.2 Å². The number of nitrogens with one attached hydrogen (secondary N) is 1. The molecule has 1 aromatic rings. The lowest BCUT2D eigenvalue weighted by molar-refractivity contribution is -0.109. The van der Waals surface area contributed by atoms with Crippen molar-refractivity contribution in [2.24, 2.45) is 0 Å². The molecular weight excluding hydrogens is 288 g/mol. The van der Waals surface area contributed by atoms with Crippen molar-refractivity contribution < 1.29 is 13.2 Å². The third-order valence-electron chi connectivity index (χ3n) is 3.73. The fourth-order valence-electron chi connectivity index (χ4n) is 2.56. The molecule has 0 saturated carbocycles. The lowest BCUT2D eigenvalue weighted by atomic mass is 10.0. The van der Waals surface area contributed by atoms with Gasteiger partial charge in [-0.25, -0.2) is 13.1 Å². The van der Waals surface area contributed by atoms with Crippen LogP contribution in [0.15, 0.2) is 29.2 Å². The van der Waals surface area contributed by atoms with Crippen LogP contribution < -0.4 is 9.62 Å². The highest BCUT2D eigenvalue weighted by Gasteiger charge is 2.22. The summed E-state index contributed by atoms with van der Waals surface area (Å²) in [5.74, 6) is 0. The minimum atomic E-state index is -3.43. The number of hydrogen-bond donors (Lipinski definition) is 1. The second-order valence-electron chi connectivity index (χ2n) is 5.28. The van der Waals surface area contributed by atoms with E-state index in [0.29, 0.717) is 6.54 Å². The summed E-state index contributed by atoms with van der Waals surface area (Å²) in [5.41, 5.74) is 0.904. The zero-order valence-corrected chi connectivity index (χ0v) is 13.1. The summed E-state index contributed by atoms with van der Waals surface area (Å²) in [5, 5.41) is 0. The van der Waals surface area contributed by atoms with E-state index in [0.717, 1.165) is 44.2 Å². The summed E-state index contributed by atoms with van der Waals surface area (Å²) in [4.78, 5) is 13.5. The Hall–Kier alpha value is -1.40. The van der Waals surface area contributed by atoms with Gasteiger partial charge in [-0.3, -0.25) is 0 Å². The van der Waals surface area contributed by atoms with Crippen molar-refractivity contribution in [2.75, 3.05) is 18.0 Å². The summed E-state index contributed by atoms with van der Waals surface area (Å²) >= 11 is 0. The number of piperidine rings is 1. The number of rotatable bonds is 6. The van der Waals surface area contributed by atoms with Crippen molar-refractivity contribution in [1.29, 1.82) is 0 Å². The molecule has 0 amide bonds. The maximum absolute atomic E-state index is 12.0. The molecule has 1 aliphatic heterocycles. The molecule has 0 bridgehead atoms. The molecule has 1 unspecified atom stereocenters. The molecule has 5 nitrogen and oxygen atoms in total. The monoisotopic (exact) mass is 310 g/mol. The fourth-order valence-corrected chi connectivity index (χ4v) is 3.69. The molecule has 1 aromatic carbocycles. The van der Waals surface area contributed by atoms with Crippen LogP contribution in [-0.2, 0) is 14.8 Å². The van der Waals surface area contributed by atoms with Gasteiger partial charge in [0, 0.05) is 18.8 Å². The summed E-state index contributed by atoms with van der Waals surface area (Å²) < 4.78 is 26.6. The van der Waals surface area contributed by atoms with Gasteiger partial charge in [-0.1, -0.05) is 6.92 Å². The second-order valence-corrected chi connectivity index (χ2v) is 7.05. The van der Waals surface area contributed by atoms with Gasteiger partial charge in [0.05, 0.1) is 10.9 Å². The Kier molecular flexibility index (Phi) is 5.36. The van der Waals surface area contributed by atoms with Gasteiger partial charge in [-0.15, -0.1) is 0 Å². The average Bonchev–Trinajstić information content (AvgIpc) is 2.53. The minimum Gasteiger partial charge on any atom is -0.362 e.